The van der Waals surface area contributed by atoms with Crippen LogP contribution in [0.2, 0.25) is 0 Å². The number of nitrogens with zero attached hydrogens (tertiary/aromatic N) is 2. The number of rotatable bonds is 3. The van der Waals surface area contributed by atoms with Gasteiger partial charge in [-0.1, -0.05) is 6.07 Å². The third kappa shape index (κ3) is 4.46. The number of hydrogen-bond acceptors (Lipinski definition) is 5. The summed E-state index contributed by atoms with van der Waals surface area (Å²) in [5.74, 6) is -3.49. The second-order valence-electron chi connectivity index (χ2n) is 7.48. The first kappa shape index (κ1) is 23.6. The van der Waals surface area contributed by atoms with Crippen LogP contribution in [0.3, 0.4) is 0 Å². The number of likely N-dealkylation sites (tertiary alicyclic amines) is 1. The molecular formula is C19H19F5N2O3S2. The first-order valence-electron chi connectivity index (χ1n) is 9.08. The Bertz CT molecular complexity index is 978. The monoisotopic (exact) mass is 482 g/mol. The van der Waals surface area contributed by atoms with Crippen LogP contribution in [0, 0.1) is 13.8 Å². The minimum absolute atomic E-state index is 0.0498. The van der Waals surface area contributed by atoms with Gasteiger partial charge in [0.1, 0.15) is 0 Å². The Morgan fingerprint density at radius 3 is 2.32 bits per heavy atom. The van der Waals surface area contributed by atoms with Gasteiger partial charge in [0, 0.05) is 34.3 Å². The van der Waals surface area contributed by atoms with E-state index in [1.165, 1.54) is 16.2 Å². The number of carboxylic acids is 1. The molecule has 4 rings (SSSR count). The van der Waals surface area contributed by atoms with Gasteiger partial charge in [-0.15, -0.1) is 22.7 Å². The molecular weight excluding hydrogens is 463 g/mol. The average Bonchev–Trinajstić information content (AvgIpc) is 3.35. The van der Waals surface area contributed by atoms with Gasteiger partial charge in [-0.25, -0.2) is 13.6 Å². The molecule has 2 atom stereocenters. The maximum Gasteiger partial charge on any atom is 0.490 e. The number of aliphatic carboxylic acids is 1. The molecule has 2 aromatic rings. The van der Waals surface area contributed by atoms with E-state index >= 15 is 8.78 Å². The van der Waals surface area contributed by atoms with Crippen molar-refractivity contribution >= 4 is 40.2 Å². The van der Waals surface area contributed by atoms with Crippen LogP contribution in [0.5, 0.6) is 0 Å². The van der Waals surface area contributed by atoms with Gasteiger partial charge in [0.05, 0.1) is 12.2 Å². The molecule has 2 aliphatic heterocycles. The molecule has 2 aliphatic rings. The molecule has 0 spiro atoms. The SMILES string of the molecule is Cc1cc(N2C[C@@]3(F)CN(Cc4cccs4)C[C@@]3(F)C2=O)c(C)s1.O=C(O)C(F)(F)F. The lowest BCUT2D eigenvalue weighted by atomic mass is 9.93. The smallest absolute Gasteiger partial charge is 0.475 e. The van der Waals surface area contributed by atoms with Gasteiger partial charge in [-0.3, -0.25) is 9.69 Å². The van der Waals surface area contributed by atoms with E-state index in [-0.39, 0.29) is 19.6 Å². The number of carbonyl (C=O) groups excluding carboxylic acids is 1. The predicted molar refractivity (Wildman–Crippen MR) is 107 cm³/mol. The van der Waals surface area contributed by atoms with Gasteiger partial charge >= 0.3 is 12.1 Å². The lowest BCUT2D eigenvalue weighted by Gasteiger charge is -2.22. The van der Waals surface area contributed by atoms with Gasteiger partial charge in [-0.2, -0.15) is 13.2 Å². The van der Waals surface area contributed by atoms with Crippen molar-refractivity contribution in [3.63, 3.8) is 0 Å². The van der Waals surface area contributed by atoms with Crippen LogP contribution >= 0.6 is 22.7 Å². The number of fused-ring (bicyclic) bond motifs is 1. The summed E-state index contributed by atoms with van der Waals surface area (Å²) in [6, 6.07) is 5.71. The molecule has 0 radical (unpaired) electrons. The summed E-state index contributed by atoms with van der Waals surface area (Å²) in [4.78, 5) is 27.6. The number of amides is 1. The Labute approximate surface area is 182 Å². The molecule has 2 fully saturated rings. The first-order chi connectivity index (χ1) is 14.3. The summed E-state index contributed by atoms with van der Waals surface area (Å²) in [6.45, 7) is 3.86. The molecule has 1 amide bonds. The largest absolute Gasteiger partial charge is 0.490 e. The first-order valence-corrected chi connectivity index (χ1v) is 10.8. The molecule has 31 heavy (non-hydrogen) atoms. The highest BCUT2D eigenvalue weighted by atomic mass is 32.1. The van der Waals surface area contributed by atoms with Gasteiger partial charge in [-0.05, 0) is 31.4 Å². The van der Waals surface area contributed by atoms with Crippen molar-refractivity contribution in [1.29, 1.82) is 0 Å². The van der Waals surface area contributed by atoms with E-state index in [1.54, 1.807) is 16.2 Å². The van der Waals surface area contributed by atoms with Crippen molar-refractivity contribution in [3.05, 3.63) is 38.2 Å². The van der Waals surface area contributed by atoms with Crippen LogP contribution in [0.4, 0.5) is 27.6 Å². The Hall–Kier alpha value is -2.05. The zero-order valence-corrected chi connectivity index (χ0v) is 18.1. The fourth-order valence-electron chi connectivity index (χ4n) is 3.77. The summed E-state index contributed by atoms with van der Waals surface area (Å²) in [6.07, 6.45) is -5.08. The van der Waals surface area contributed by atoms with Gasteiger partial charge in [0.15, 0.2) is 5.67 Å². The Balaban J connectivity index is 0.000000339. The highest BCUT2D eigenvalue weighted by molar-refractivity contribution is 7.12. The molecule has 1 N–H and O–H groups in total. The number of alkyl halides is 5. The van der Waals surface area contributed by atoms with Crippen LogP contribution in [0.25, 0.3) is 0 Å². The minimum atomic E-state index is -5.08. The molecule has 5 nitrogen and oxygen atoms in total. The number of anilines is 1. The Morgan fingerprint density at radius 1 is 1.23 bits per heavy atom. The van der Waals surface area contributed by atoms with Crippen LogP contribution in [-0.4, -0.2) is 59.0 Å². The van der Waals surface area contributed by atoms with Crippen molar-refractivity contribution in [3.8, 4) is 0 Å². The van der Waals surface area contributed by atoms with Crippen LogP contribution in [0.15, 0.2) is 23.6 Å². The molecule has 2 aromatic heterocycles. The van der Waals surface area contributed by atoms with E-state index in [1.807, 2.05) is 37.4 Å². The number of aryl methyl sites for hydroxylation is 2. The fourth-order valence-corrected chi connectivity index (χ4v) is 5.44. The molecule has 2 saturated heterocycles. The number of carboxylic acid groups (broad SMARTS) is 1. The normalized spacial score (nSPS) is 26.0. The van der Waals surface area contributed by atoms with E-state index in [2.05, 4.69) is 0 Å². The van der Waals surface area contributed by atoms with E-state index in [0.29, 0.717) is 12.2 Å². The van der Waals surface area contributed by atoms with Crippen molar-refractivity contribution in [2.45, 2.75) is 37.9 Å². The highest BCUT2D eigenvalue weighted by Gasteiger charge is 2.71. The number of carbonyl (C=O) groups is 2. The molecule has 0 bridgehead atoms. The zero-order valence-electron chi connectivity index (χ0n) is 16.5. The predicted octanol–water partition coefficient (Wildman–Crippen LogP) is 4.34. The zero-order chi connectivity index (χ0) is 23.2. The Morgan fingerprint density at radius 2 is 1.87 bits per heavy atom. The fraction of sp³-hybridized carbons (Fsp3) is 0.474. The molecule has 170 valence electrons. The lowest BCUT2D eigenvalue weighted by molar-refractivity contribution is -0.192. The second-order valence-corrected chi connectivity index (χ2v) is 9.98. The standard InChI is InChI=1S/C17H18F2N2OS2.C2HF3O2/c1-11-6-14(12(2)24-11)21-9-16(18)8-20(7-13-4-3-5-23-13)10-17(16,19)15(21)22;3-2(4,5)1(6)7/h3-6H,7-10H2,1-2H3;(H,6,7)/t16-,17+;/m0./s1. The minimum Gasteiger partial charge on any atom is -0.475 e. The highest BCUT2D eigenvalue weighted by Crippen LogP contribution is 2.48. The summed E-state index contributed by atoms with van der Waals surface area (Å²) in [7, 11) is 0. The van der Waals surface area contributed by atoms with Crippen molar-refractivity contribution in [1.82, 2.24) is 4.90 Å². The molecule has 0 aliphatic carbocycles. The summed E-state index contributed by atoms with van der Waals surface area (Å²) in [5, 5.41) is 9.07. The summed E-state index contributed by atoms with van der Waals surface area (Å²) in [5.41, 5.74) is -3.95. The summed E-state index contributed by atoms with van der Waals surface area (Å²) >= 11 is 3.10. The van der Waals surface area contributed by atoms with Crippen LogP contribution in [0.1, 0.15) is 14.6 Å². The van der Waals surface area contributed by atoms with E-state index in [4.69, 9.17) is 9.90 Å². The van der Waals surface area contributed by atoms with E-state index in [0.717, 1.165) is 14.6 Å². The van der Waals surface area contributed by atoms with E-state index in [9.17, 15) is 18.0 Å². The van der Waals surface area contributed by atoms with Crippen molar-refractivity contribution < 1.29 is 36.6 Å². The second kappa shape index (κ2) is 8.14. The number of halogens is 5. The van der Waals surface area contributed by atoms with Crippen LogP contribution < -0.4 is 4.90 Å². The summed E-state index contributed by atoms with van der Waals surface area (Å²) < 4.78 is 62.6. The quantitative estimate of drug-likeness (QED) is 0.662. The van der Waals surface area contributed by atoms with Crippen molar-refractivity contribution in [2.24, 2.45) is 0 Å². The molecule has 0 saturated carbocycles. The van der Waals surface area contributed by atoms with Crippen molar-refractivity contribution in [2.75, 3.05) is 24.5 Å². The van der Waals surface area contributed by atoms with Gasteiger partial charge < -0.3 is 10.0 Å². The maximum absolute atomic E-state index is 15.4. The van der Waals surface area contributed by atoms with E-state index < -0.39 is 29.4 Å². The lowest BCUT2D eigenvalue weighted by Crippen LogP contribution is -2.47. The van der Waals surface area contributed by atoms with Gasteiger partial charge in [0.25, 0.3) is 5.91 Å². The molecule has 0 unspecified atom stereocenters. The Kier molecular flexibility index (Phi) is 6.20. The third-order valence-corrected chi connectivity index (χ3v) is 6.94. The van der Waals surface area contributed by atoms with Gasteiger partial charge in [0.2, 0.25) is 5.67 Å². The molecule has 4 heterocycles. The molecule has 0 aromatic carbocycles. The number of thiophene rings is 2. The number of hydrogen-bond donors (Lipinski definition) is 1. The average molecular weight is 482 g/mol. The van der Waals surface area contributed by atoms with Crippen LogP contribution in [-0.2, 0) is 16.1 Å². The third-order valence-electron chi connectivity index (χ3n) is 5.13. The topological polar surface area (TPSA) is 60.9 Å². The molecule has 12 heteroatoms. The maximum atomic E-state index is 15.4.